The second kappa shape index (κ2) is 7.51. The van der Waals surface area contributed by atoms with Crippen LogP contribution in [0.4, 0.5) is 5.82 Å². The fraction of sp³-hybridized carbons (Fsp3) is 0.684. The highest BCUT2D eigenvalue weighted by molar-refractivity contribution is 5.81. The Morgan fingerprint density at radius 3 is 2.50 bits per heavy atom. The first-order valence-corrected chi connectivity index (χ1v) is 9.31. The molecule has 0 unspecified atom stereocenters. The Kier molecular flexibility index (Phi) is 5.39. The molecule has 1 aromatic rings. The Labute approximate surface area is 145 Å². The summed E-state index contributed by atoms with van der Waals surface area (Å²) in [6.07, 6.45) is 6.76. The van der Waals surface area contributed by atoms with Crippen molar-refractivity contribution in [3.8, 4) is 0 Å². The van der Waals surface area contributed by atoms with Gasteiger partial charge in [-0.15, -0.1) is 0 Å². The predicted octanol–water partition coefficient (Wildman–Crippen LogP) is 2.56. The molecule has 0 aromatic carbocycles. The zero-order chi connectivity index (χ0) is 17.1. The Morgan fingerprint density at radius 1 is 1.25 bits per heavy atom. The Morgan fingerprint density at radius 2 is 1.92 bits per heavy atom. The van der Waals surface area contributed by atoms with Gasteiger partial charge in [-0.2, -0.15) is 0 Å². The van der Waals surface area contributed by atoms with E-state index in [-0.39, 0.29) is 11.9 Å². The fourth-order valence-electron chi connectivity index (χ4n) is 4.11. The third kappa shape index (κ3) is 3.72. The molecule has 2 saturated heterocycles. The number of pyridine rings is 1. The molecule has 5 nitrogen and oxygen atoms in total. The van der Waals surface area contributed by atoms with E-state index in [1.165, 1.54) is 25.7 Å². The van der Waals surface area contributed by atoms with Gasteiger partial charge >= 0.3 is 0 Å². The number of nitrogens with zero attached hydrogens (tertiary/aromatic N) is 3. The fourth-order valence-corrected chi connectivity index (χ4v) is 4.11. The molecule has 1 N–H and O–H groups in total. The lowest BCUT2D eigenvalue weighted by atomic mass is 10.2. The second-order valence-corrected chi connectivity index (χ2v) is 7.34. The highest BCUT2D eigenvalue weighted by Crippen LogP contribution is 2.26. The topological polar surface area (TPSA) is 48.5 Å². The summed E-state index contributed by atoms with van der Waals surface area (Å²) in [5.41, 5.74) is 1.06. The van der Waals surface area contributed by atoms with Gasteiger partial charge in [0.1, 0.15) is 5.82 Å². The lowest BCUT2D eigenvalue weighted by molar-refractivity contribution is -0.127. The molecule has 3 rings (SSSR count). The molecule has 5 heteroatoms. The van der Waals surface area contributed by atoms with Crippen molar-refractivity contribution in [2.45, 2.75) is 71.1 Å². The molecule has 132 valence electrons. The van der Waals surface area contributed by atoms with Gasteiger partial charge in [-0.25, -0.2) is 4.98 Å². The average Bonchev–Trinajstić information content (AvgIpc) is 3.23. The minimum Gasteiger partial charge on any atom is -0.357 e. The summed E-state index contributed by atoms with van der Waals surface area (Å²) in [5.74, 6) is 1.16. The van der Waals surface area contributed by atoms with Gasteiger partial charge in [-0.05, 0) is 58.1 Å². The Balaban J connectivity index is 1.52. The predicted molar refractivity (Wildman–Crippen MR) is 97.0 cm³/mol. The van der Waals surface area contributed by atoms with Gasteiger partial charge in [-0.3, -0.25) is 9.69 Å². The molecule has 2 aliphatic rings. The van der Waals surface area contributed by atoms with Crippen LogP contribution in [0.3, 0.4) is 0 Å². The summed E-state index contributed by atoms with van der Waals surface area (Å²) in [5, 5.41) is 3.07. The third-order valence-electron chi connectivity index (χ3n) is 5.55. The highest BCUT2D eigenvalue weighted by atomic mass is 16.2. The minimum absolute atomic E-state index is 0.0747. The maximum Gasteiger partial charge on any atom is 0.237 e. The van der Waals surface area contributed by atoms with E-state index in [2.05, 4.69) is 46.1 Å². The number of amides is 1. The lowest BCUT2D eigenvalue weighted by Gasteiger charge is -2.31. The summed E-state index contributed by atoms with van der Waals surface area (Å²) < 4.78 is 0. The van der Waals surface area contributed by atoms with Crippen molar-refractivity contribution in [1.29, 1.82) is 0 Å². The van der Waals surface area contributed by atoms with Gasteiger partial charge in [0, 0.05) is 37.9 Å². The zero-order valence-electron chi connectivity index (χ0n) is 15.2. The summed E-state index contributed by atoms with van der Waals surface area (Å²) in [6.45, 7) is 9.21. The van der Waals surface area contributed by atoms with Crippen molar-refractivity contribution in [2.75, 3.05) is 18.0 Å². The number of carbonyl (C=O) groups excluding carboxylic acids is 1. The molecule has 2 aliphatic heterocycles. The average molecular weight is 330 g/mol. The van der Waals surface area contributed by atoms with E-state index >= 15 is 0 Å². The molecule has 24 heavy (non-hydrogen) atoms. The molecule has 0 aliphatic carbocycles. The lowest BCUT2D eigenvalue weighted by Crippen LogP contribution is -2.48. The molecule has 0 saturated carbocycles. The zero-order valence-corrected chi connectivity index (χ0v) is 15.2. The van der Waals surface area contributed by atoms with Crippen LogP contribution in [-0.2, 0) is 11.3 Å². The van der Waals surface area contributed by atoms with E-state index < -0.39 is 0 Å². The van der Waals surface area contributed by atoms with Gasteiger partial charge in [0.05, 0.1) is 6.04 Å². The minimum atomic E-state index is -0.0747. The normalized spacial score (nSPS) is 25.9. The smallest absolute Gasteiger partial charge is 0.237 e. The number of rotatable bonds is 5. The van der Waals surface area contributed by atoms with Crippen LogP contribution in [0.15, 0.2) is 18.3 Å². The van der Waals surface area contributed by atoms with Crippen LogP contribution in [0.1, 0.15) is 52.0 Å². The van der Waals surface area contributed by atoms with Gasteiger partial charge in [0.15, 0.2) is 0 Å². The van der Waals surface area contributed by atoms with E-state index in [4.69, 9.17) is 0 Å². The maximum atomic E-state index is 12.5. The van der Waals surface area contributed by atoms with Gasteiger partial charge in [-0.1, -0.05) is 6.07 Å². The largest absolute Gasteiger partial charge is 0.357 e. The van der Waals surface area contributed by atoms with Crippen molar-refractivity contribution in [2.24, 2.45) is 0 Å². The summed E-state index contributed by atoms with van der Waals surface area (Å²) >= 11 is 0. The molecule has 1 amide bonds. The SMILES string of the molecule is C[C@@H]1CC[C@@H](C)N1[C@H](C)C(=O)NCc1ccc(N2CCCC2)nc1. The Bertz CT molecular complexity index is 543. The highest BCUT2D eigenvalue weighted by Gasteiger charge is 2.34. The summed E-state index contributed by atoms with van der Waals surface area (Å²) in [7, 11) is 0. The van der Waals surface area contributed by atoms with Crippen molar-refractivity contribution >= 4 is 11.7 Å². The van der Waals surface area contributed by atoms with Crippen molar-refractivity contribution in [3.63, 3.8) is 0 Å². The molecule has 0 bridgehead atoms. The molecule has 2 fully saturated rings. The first-order chi connectivity index (χ1) is 11.6. The van der Waals surface area contributed by atoms with Crippen LogP contribution in [0.25, 0.3) is 0 Å². The standard InChI is InChI=1S/C19H30N4O/c1-14-6-7-15(2)23(14)16(3)19(24)21-13-17-8-9-18(20-12-17)22-10-4-5-11-22/h8-9,12,14-16H,4-7,10-11,13H2,1-3H3,(H,21,24)/t14-,15-,16-/m1/s1. The molecule has 3 atom stereocenters. The van der Waals surface area contributed by atoms with E-state index in [0.29, 0.717) is 18.6 Å². The number of anilines is 1. The second-order valence-electron chi connectivity index (χ2n) is 7.34. The van der Waals surface area contributed by atoms with E-state index in [9.17, 15) is 4.79 Å². The van der Waals surface area contributed by atoms with Gasteiger partial charge in [0.25, 0.3) is 0 Å². The van der Waals surface area contributed by atoms with Crippen LogP contribution in [0.5, 0.6) is 0 Å². The number of likely N-dealkylation sites (tertiary alicyclic amines) is 1. The van der Waals surface area contributed by atoms with Crippen LogP contribution >= 0.6 is 0 Å². The third-order valence-corrected chi connectivity index (χ3v) is 5.55. The van der Waals surface area contributed by atoms with Crippen LogP contribution in [0, 0.1) is 0 Å². The summed E-state index contributed by atoms with van der Waals surface area (Å²) in [6, 6.07) is 5.05. The number of hydrogen-bond donors (Lipinski definition) is 1. The molecule has 1 aromatic heterocycles. The maximum absolute atomic E-state index is 12.5. The summed E-state index contributed by atoms with van der Waals surface area (Å²) in [4.78, 5) is 21.7. The van der Waals surface area contributed by atoms with E-state index in [1.54, 1.807) is 0 Å². The van der Waals surface area contributed by atoms with Gasteiger partial charge < -0.3 is 10.2 Å². The quantitative estimate of drug-likeness (QED) is 0.901. The van der Waals surface area contributed by atoms with Crippen molar-refractivity contribution < 1.29 is 4.79 Å². The van der Waals surface area contributed by atoms with Crippen molar-refractivity contribution in [1.82, 2.24) is 15.2 Å². The molecular weight excluding hydrogens is 300 g/mol. The van der Waals surface area contributed by atoms with Crippen LogP contribution in [-0.4, -0.2) is 47.0 Å². The molecule has 0 radical (unpaired) electrons. The first kappa shape index (κ1) is 17.2. The number of carbonyl (C=O) groups is 1. The molecule has 0 spiro atoms. The van der Waals surface area contributed by atoms with E-state index in [1.807, 2.05) is 13.1 Å². The Hall–Kier alpha value is -1.62. The molecule has 3 heterocycles. The number of nitrogens with one attached hydrogen (secondary N) is 1. The first-order valence-electron chi connectivity index (χ1n) is 9.31. The number of hydrogen-bond acceptors (Lipinski definition) is 4. The van der Waals surface area contributed by atoms with E-state index in [0.717, 1.165) is 24.5 Å². The molecular formula is C19H30N4O. The van der Waals surface area contributed by atoms with Crippen molar-refractivity contribution in [3.05, 3.63) is 23.9 Å². The monoisotopic (exact) mass is 330 g/mol. The van der Waals surface area contributed by atoms with Crippen LogP contribution < -0.4 is 10.2 Å². The van der Waals surface area contributed by atoms with Gasteiger partial charge in [0.2, 0.25) is 5.91 Å². The van der Waals surface area contributed by atoms with Crippen LogP contribution in [0.2, 0.25) is 0 Å². The number of aromatic nitrogens is 1.